The van der Waals surface area contributed by atoms with Crippen LogP contribution in [0.15, 0.2) is 0 Å². The Morgan fingerprint density at radius 2 is 2.13 bits per heavy atom. The van der Waals surface area contributed by atoms with Gasteiger partial charge in [0.1, 0.15) is 6.04 Å². The molecule has 0 aromatic heterocycles. The summed E-state index contributed by atoms with van der Waals surface area (Å²) in [5.74, 6) is 2.54. The Labute approximate surface area is 97.1 Å². The van der Waals surface area contributed by atoms with Crippen molar-refractivity contribution in [2.24, 2.45) is 11.7 Å². The van der Waals surface area contributed by atoms with Crippen LogP contribution in [0.3, 0.4) is 0 Å². The molecule has 2 atom stereocenters. The minimum atomic E-state index is -0.455. The van der Waals surface area contributed by atoms with Crippen molar-refractivity contribution in [2.75, 3.05) is 18.6 Å². The smallest absolute Gasteiger partial charge is 0.322 e. The topological polar surface area (TPSA) is 52.3 Å². The minimum absolute atomic E-state index is 0.308. The number of hydrogen-bond acceptors (Lipinski definition) is 4. The molecule has 0 aliphatic heterocycles. The third kappa shape index (κ3) is 7.68. The highest BCUT2D eigenvalue weighted by atomic mass is 32.2. The summed E-state index contributed by atoms with van der Waals surface area (Å²) in [6.07, 6.45) is 3.22. The number of rotatable bonds is 8. The molecule has 0 amide bonds. The van der Waals surface area contributed by atoms with Gasteiger partial charge >= 0.3 is 5.97 Å². The molecule has 0 saturated heterocycles. The molecule has 0 aliphatic rings. The van der Waals surface area contributed by atoms with E-state index in [0.717, 1.165) is 17.4 Å². The van der Waals surface area contributed by atoms with E-state index in [-0.39, 0.29) is 5.97 Å². The number of methoxy groups -OCH3 is 1. The van der Waals surface area contributed by atoms with Crippen LogP contribution in [0.25, 0.3) is 0 Å². The maximum atomic E-state index is 11.0. The first-order valence-corrected chi connectivity index (χ1v) is 6.68. The number of esters is 1. The average Bonchev–Trinajstić information content (AvgIpc) is 2.23. The Morgan fingerprint density at radius 1 is 1.47 bits per heavy atom. The number of ether oxygens (including phenoxy) is 1. The molecule has 0 saturated carbocycles. The van der Waals surface area contributed by atoms with Gasteiger partial charge < -0.3 is 10.5 Å². The van der Waals surface area contributed by atoms with E-state index in [9.17, 15) is 4.79 Å². The molecule has 0 spiro atoms. The summed E-state index contributed by atoms with van der Waals surface area (Å²) in [6, 6.07) is -0.455. The number of thioether (sulfide) groups is 1. The lowest BCUT2D eigenvalue weighted by atomic mass is 10.1. The van der Waals surface area contributed by atoms with Crippen molar-refractivity contribution in [3.05, 3.63) is 0 Å². The predicted molar refractivity (Wildman–Crippen MR) is 66.0 cm³/mol. The third-order valence-corrected chi connectivity index (χ3v) is 3.59. The molecule has 0 heterocycles. The summed E-state index contributed by atoms with van der Waals surface area (Å²) in [5.41, 5.74) is 5.62. The molecule has 3 nitrogen and oxygen atoms in total. The number of carbonyl (C=O) groups is 1. The maximum Gasteiger partial charge on any atom is 0.322 e. The third-order valence-electron chi connectivity index (χ3n) is 2.26. The molecular weight excluding hydrogens is 210 g/mol. The Bertz CT molecular complexity index is 176. The van der Waals surface area contributed by atoms with Crippen LogP contribution in [0.1, 0.15) is 33.1 Å². The fraction of sp³-hybridized carbons (Fsp3) is 0.909. The standard InChI is InChI=1S/C11H23NO2S/c1-4-5-9(2)8-15-7-6-10(12)11(13)14-3/h9-10H,4-8,12H2,1-3H3. The van der Waals surface area contributed by atoms with Crippen LogP contribution in [0.4, 0.5) is 0 Å². The van der Waals surface area contributed by atoms with Gasteiger partial charge in [-0.1, -0.05) is 26.7 Å². The van der Waals surface area contributed by atoms with Crippen LogP contribution in [0.2, 0.25) is 0 Å². The zero-order valence-electron chi connectivity index (χ0n) is 9.99. The van der Waals surface area contributed by atoms with Gasteiger partial charge in [0.2, 0.25) is 0 Å². The lowest BCUT2D eigenvalue weighted by molar-refractivity contribution is -0.142. The summed E-state index contributed by atoms with van der Waals surface area (Å²) < 4.78 is 4.56. The summed E-state index contributed by atoms with van der Waals surface area (Å²) >= 11 is 1.87. The number of hydrogen-bond donors (Lipinski definition) is 1. The zero-order valence-corrected chi connectivity index (χ0v) is 10.8. The summed E-state index contributed by atoms with van der Waals surface area (Å²) in [6.45, 7) is 4.46. The van der Waals surface area contributed by atoms with Crippen LogP contribution in [-0.2, 0) is 9.53 Å². The first-order chi connectivity index (χ1) is 7.11. The summed E-state index contributed by atoms with van der Waals surface area (Å²) in [5, 5.41) is 0. The van der Waals surface area contributed by atoms with Crippen LogP contribution < -0.4 is 5.73 Å². The number of carbonyl (C=O) groups excluding carboxylic acids is 1. The van der Waals surface area contributed by atoms with E-state index in [1.165, 1.54) is 20.0 Å². The van der Waals surface area contributed by atoms with E-state index < -0.39 is 6.04 Å². The van der Waals surface area contributed by atoms with Crippen LogP contribution >= 0.6 is 11.8 Å². The van der Waals surface area contributed by atoms with Crippen molar-refractivity contribution in [3.8, 4) is 0 Å². The highest BCUT2D eigenvalue weighted by Gasteiger charge is 2.12. The molecule has 0 radical (unpaired) electrons. The van der Waals surface area contributed by atoms with Gasteiger partial charge in [0.25, 0.3) is 0 Å². The maximum absolute atomic E-state index is 11.0. The molecule has 2 unspecified atom stereocenters. The van der Waals surface area contributed by atoms with Crippen molar-refractivity contribution in [3.63, 3.8) is 0 Å². The molecular formula is C11H23NO2S. The van der Waals surface area contributed by atoms with Gasteiger partial charge in [-0.15, -0.1) is 0 Å². The number of nitrogens with two attached hydrogens (primary N) is 1. The van der Waals surface area contributed by atoms with Gasteiger partial charge in [-0.05, 0) is 23.8 Å². The second-order valence-corrected chi connectivity index (χ2v) is 5.04. The first kappa shape index (κ1) is 14.8. The quantitative estimate of drug-likeness (QED) is 0.515. The molecule has 0 bridgehead atoms. The molecule has 90 valence electrons. The molecule has 0 fully saturated rings. The van der Waals surface area contributed by atoms with Crippen molar-refractivity contribution < 1.29 is 9.53 Å². The molecule has 15 heavy (non-hydrogen) atoms. The van der Waals surface area contributed by atoms with Crippen LogP contribution in [0.5, 0.6) is 0 Å². The summed E-state index contributed by atoms with van der Waals surface area (Å²) in [7, 11) is 1.37. The molecule has 0 aromatic rings. The van der Waals surface area contributed by atoms with Crippen LogP contribution in [0, 0.1) is 5.92 Å². The molecule has 0 rings (SSSR count). The lowest BCUT2D eigenvalue weighted by Gasteiger charge is -2.11. The molecule has 2 N–H and O–H groups in total. The highest BCUT2D eigenvalue weighted by molar-refractivity contribution is 7.99. The molecule has 0 aromatic carbocycles. The average molecular weight is 233 g/mol. The Balaban J connectivity index is 3.41. The SMILES string of the molecule is CCCC(C)CSCCC(N)C(=O)OC. The van der Waals surface area contributed by atoms with E-state index in [0.29, 0.717) is 6.42 Å². The van der Waals surface area contributed by atoms with E-state index >= 15 is 0 Å². The zero-order chi connectivity index (χ0) is 11.7. The van der Waals surface area contributed by atoms with Gasteiger partial charge in [-0.2, -0.15) is 11.8 Å². The predicted octanol–water partition coefficient (Wildman–Crippen LogP) is 2.05. The highest BCUT2D eigenvalue weighted by Crippen LogP contribution is 2.14. The van der Waals surface area contributed by atoms with Gasteiger partial charge in [-0.3, -0.25) is 4.79 Å². The lowest BCUT2D eigenvalue weighted by Crippen LogP contribution is -2.32. The van der Waals surface area contributed by atoms with Crippen molar-refractivity contribution >= 4 is 17.7 Å². The largest absolute Gasteiger partial charge is 0.468 e. The molecule has 4 heteroatoms. The van der Waals surface area contributed by atoms with E-state index in [1.807, 2.05) is 11.8 Å². The normalized spacial score (nSPS) is 14.7. The van der Waals surface area contributed by atoms with E-state index in [2.05, 4.69) is 18.6 Å². The van der Waals surface area contributed by atoms with Gasteiger partial charge in [-0.25, -0.2) is 0 Å². The van der Waals surface area contributed by atoms with Crippen molar-refractivity contribution in [1.29, 1.82) is 0 Å². The van der Waals surface area contributed by atoms with Crippen LogP contribution in [-0.4, -0.2) is 30.6 Å². The van der Waals surface area contributed by atoms with Gasteiger partial charge in [0, 0.05) is 0 Å². The Hall–Kier alpha value is -0.220. The first-order valence-electron chi connectivity index (χ1n) is 5.53. The second kappa shape index (κ2) is 9.04. The second-order valence-electron chi connectivity index (χ2n) is 3.89. The van der Waals surface area contributed by atoms with Gasteiger partial charge in [0.05, 0.1) is 7.11 Å². The van der Waals surface area contributed by atoms with E-state index in [1.54, 1.807) is 0 Å². The fourth-order valence-corrected chi connectivity index (χ4v) is 2.50. The Morgan fingerprint density at radius 3 is 2.67 bits per heavy atom. The van der Waals surface area contributed by atoms with Gasteiger partial charge in [0.15, 0.2) is 0 Å². The monoisotopic (exact) mass is 233 g/mol. The van der Waals surface area contributed by atoms with Crippen molar-refractivity contribution in [2.45, 2.75) is 39.2 Å². The fourth-order valence-electron chi connectivity index (χ4n) is 1.34. The minimum Gasteiger partial charge on any atom is -0.468 e. The Kier molecular flexibility index (Phi) is 8.91. The summed E-state index contributed by atoms with van der Waals surface area (Å²) in [4.78, 5) is 11.0. The van der Waals surface area contributed by atoms with Crippen molar-refractivity contribution in [1.82, 2.24) is 0 Å². The molecule has 0 aliphatic carbocycles. The van der Waals surface area contributed by atoms with E-state index in [4.69, 9.17) is 5.73 Å².